The van der Waals surface area contributed by atoms with Crippen LogP contribution in [-0.4, -0.2) is 17.9 Å². The number of aryl methyl sites for hydroxylation is 2. The molecule has 0 amide bonds. The number of ether oxygens (including phenoxy) is 1. The molecule has 3 aromatic carbocycles. The van der Waals surface area contributed by atoms with Gasteiger partial charge in [-0.15, -0.1) is 11.8 Å². The third kappa shape index (κ3) is 3.44. The molecular weight excluding hydrogens is 350 g/mol. The first-order chi connectivity index (χ1) is 13.1. The summed E-state index contributed by atoms with van der Waals surface area (Å²) in [5.74, 6) is 0.888. The minimum Gasteiger partial charge on any atom is -0.495 e. The third-order valence-corrected chi connectivity index (χ3v) is 5.43. The van der Waals surface area contributed by atoms with Crippen LogP contribution in [0.5, 0.6) is 5.75 Å². The van der Waals surface area contributed by atoms with Crippen LogP contribution in [0.15, 0.2) is 59.5 Å². The van der Waals surface area contributed by atoms with Crippen molar-refractivity contribution in [3.63, 3.8) is 0 Å². The average Bonchev–Trinajstić information content (AvgIpc) is 3.02. The van der Waals surface area contributed by atoms with E-state index in [1.807, 2.05) is 19.9 Å². The van der Waals surface area contributed by atoms with Gasteiger partial charge in [0, 0.05) is 15.7 Å². The molecule has 3 heteroatoms. The zero-order valence-electron chi connectivity index (χ0n) is 17.0. The van der Waals surface area contributed by atoms with Gasteiger partial charge in [0.05, 0.1) is 23.8 Å². The lowest BCUT2D eigenvalue weighted by molar-refractivity contribution is 0.413. The molecule has 4 rings (SSSR count). The zero-order valence-corrected chi connectivity index (χ0v) is 17.8. The fourth-order valence-corrected chi connectivity index (χ4v) is 3.92. The first-order valence-electron chi connectivity index (χ1n) is 9.36. The Bertz CT molecular complexity index is 1090. The Morgan fingerprint density at radius 2 is 1.37 bits per heavy atom. The molecule has 0 fully saturated rings. The van der Waals surface area contributed by atoms with Crippen LogP contribution in [0.25, 0.3) is 27.5 Å². The minimum atomic E-state index is 0.888. The summed E-state index contributed by atoms with van der Waals surface area (Å²) in [7, 11) is 1.73. The van der Waals surface area contributed by atoms with Gasteiger partial charge in [-0.05, 0) is 68.1 Å². The Kier molecular flexibility index (Phi) is 5.81. The molecule has 0 unspecified atom stereocenters. The first-order valence-corrected chi connectivity index (χ1v) is 10.6. The Morgan fingerprint density at radius 1 is 0.778 bits per heavy atom. The van der Waals surface area contributed by atoms with Gasteiger partial charge in [0.15, 0.2) is 0 Å². The maximum absolute atomic E-state index is 5.67. The molecule has 2 nitrogen and oxygen atoms in total. The van der Waals surface area contributed by atoms with Crippen LogP contribution in [0.1, 0.15) is 25.0 Å². The summed E-state index contributed by atoms with van der Waals surface area (Å²) < 4.78 is 7.99. The van der Waals surface area contributed by atoms with Crippen molar-refractivity contribution >= 4 is 33.6 Å². The Balaban J connectivity index is 0.00000102. The summed E-state index contributed by atoms with van der Waals surface area (Å²) in [6.45, 7) is 8.26. The van der Waals surface area contributed by atoms with E-state index in [1.54, 1.807) is 18.9 Å². The largest absolute Gasteiger partial charge is 0.495 e. The van der Waals surface area contributed by atoms with Crippen molar-refractivity contribution in [1.29, 1.82) is 0 Å². The topological polar surface area (TPSA) is 14.2 Å². The van der Waals surface area contributed by atoms with E-state index in [0.29, 0.717) is 0 Å². The van der Waals surface area contributed by atoms with E-state index in [0.717, 1.165) is 11.4 Å². The quantitative estimate of drug-likeness (QED) is 0.352. The van der Waals surface area contributed by atoms with Crippen molar-refractivity contribution in [2.24, 2.45) is 0 Å². The normalized spacial score (nSPS) is 10.7. The van der Waals surface area contributed by atoms with Gasteiger partial charge in [-0.1, -0.05) is 31.5 Å². The Morgan fingerprint density at radius 3 is 2.04 bits per heavy atom. The summed E-state index contributed by atoms with van der Waals surface area (Å²) in [5.41, 5.74) is 6.00. The van der Waals surface area contributed by atoms with Gasteiger partial charge in [0.1, 0.15) is 5.75 Å². The maximum Gasteiger partial charge on any atom is 0.142 e. The van der Waals surface area contributed by atoms with Gasteiger partial charge in [-0.3, -0.25) is 0 Å². The predicted molar refractivity (Wildman–Crippen MR) is 120 cm³/mol. The van der Waals surface area contributed by atoms with Crippen LogP contribution in [-0.2, 0) is 0 Å². The smallest absolute Gasteiger partial charge is 0.142 e. The summed E-state index contributed by atoms with van der Waals surface area (Å²) >= 11 is 1.78. The van der Waals surface area contributed by atoms with Crippen molar-refractivity contribution in [3.8, 4) is 11.4 Å². The summed E-state index contributed by atoms with van der Waals surface area (Å²) in [4.78, 5) is 1.28. The number of benzene rings is 3. The molecule has 0 aliphatic rings. The lowest BCUT2D eigenvalue weighted by atomic mass is 10.1. The SMILES string of the molecule is CC.COc1ccc(C)cc1-n1c2ccc(C)cc2c2cc(SC)ccc21. The third-order valence-electron chi connectivity index (χ3n) is 4.70. The first kappa shape index (κ1) is 19.4. The molecule has 27 heavy (non-hydrogen) atoms. The molecule has 1 heterocycles. The van der Waals surface area contributed by atoms with Crippen LogP contribution < -0.4 is 4.74 Å². The van der Waals surface area contributed by atoms with Crippen LogP contribution in [0.4, 0.5) is 0 Å². The van der Waals surface area contributed by atoms with Crippen molar-refractivity contribution in [1.82, 2.24) is 4.57 Å². The Labute approximate surface area is 166 Å². The molecule has 0 radical (unpaired) electrons. The van der Waals surface area contributed by atoms with Gasteiger partial charge < -0.3 is 9.30 Å². The highest BCUT2D eigenvalue weighted by atomic mass is 32.2. The number of aromatic nitrogens is 1. The van der Waals surface area contributed by atoms with Crippen LogP contribution >= 0.6 is 11.8 Å². The number of hydrogen-bond acceptors (Lipinski definition) is 2. The fraction of sp³-hybridized carbons (Fsp3) is 0.250. The van der Waals surface area contributed by atoms with E-state index < -0.39 is 0 Å². The highest BCUT2D eigenvalue weighted by Gasteiger charge is 2.16. The van der Waals surface area contributed by atoms with E-state index in [9.17, 15) is 0 Å². The Hall–Kier alpha value is -2.39. The molecule has 0 bridgehead atoms. The lowest BCUT2D eigenvalue weighted by Gasteiger charge is -2.13. The fourth-order valence-electron chi connectivity index (χ4n) is 3.48. The highest BCUT2D eigenvalue weighted by Crippen LogP contribution is 2.37. The van der Waals surface area contributed by atoms with Gasteiger partial charge in [0.25, 0.3) is 0 Å². The molecule has 0 aliphatic carbocycles. The molecule has 1 aromatic heterocycles. The van der Waals surface area contributed by atoms with E-state index in [4.69, 9.17) is 4.74 Å². The number of fused-ring (bicyclic) bond motifs is 3. The summed E-state index contributed by atoms with van der Waals surface area (Å²) in [6, 6.07) is 19.7. The van der Waals surface area contributed by atoms with Crippen molar-refractivity contribution in [3.05, 3.63) is 65.7 Å². The second-order valence-electron chi connectivity index (χ2n) is 6.41. The van der Waals surface area contributed by atoms with E-state index >= 15 is 0 Å². The molecule has 0 aliphatic heterocycles. The average molecular weight is 378 g/mol. The molecule has 0 spiro atoms. The van der Waals surface area contributed by atoms with Crippen LogP contribution in [0.3, 0.4) is 0 Å². The van der Waals surface area contributed by atoms with Gasteiger partial charge >= 0.3 is 0 Å². The monoisotopic (exact) mass is 377 g/mol. The van der Waals surface area contributed by atoms with Crippen molar-refractivity contribution < 1.29 is 4.74 Å². The molecular formula is C24H27NOS. The van der Waals surface area contributed by atoms with Gasteiger partial charge in [-0.25, -0.2) is 0 Å². The van der Waals surface area contributed by atoms with E-state index in [2.05, 4.69) is 73.2 Å². The summed E-state index contributed by atoms with van der Waals surface area (Å²) in [5, 5.41) is 2.57. The van der Waals surface area contributed by atoms with Crippen LogP contribution in [0, 0.1) is 13.8 Å². The number of thioether (sulfide) groups is 1. The second kappa shape index (κ2) is 8.10. The second-order valence-corrected chi connectivity index (χ2v) is 7.29. The zero-order chi connectivity index (χ0) is 19.6. The van der Waals surface area contributed by atoms with E-state index in [1.165, 1.54) is 37.8 Å². The summed E-state index contributed by atoms with van der Waals surface area (Å²) in [6.07, 6.45) is 2.12. The number of hydrogen-bond donors (Lipinski definition) is 0. The molecule has 140 valence electrons. The lowest BCUT2D eigenvalue weighted by Crippen LogP contribution is -1.98. The number of nitrogens with zero attached hydrogens (tertiary/aromatic N) is 1. The number of rotatable bonds is 3. The van der Waals surface area contributed by atoms with Crippen LogP contribution in [0.2, 0.25) is 0 Å². The van der Waals surface area contributed by atoms with Gasteiger partial charge in [0.2, 0.25) is 0 Å². The molecule has 0 N–H and O–H groups in total. The van der Waals surface area contributed by atoms with Crippen molar-refractivity contribution in [2.75, 3.05) is 13.4 Å². The predicted octanol–water partition coefficient (Wildman–Crippen LogP) is 7.16. The number of methoxy groups -OCH3 is 1. The van der Waals surface area contributed by atoms with E-state index in [-0.39, 0.29) is 0 Å². The molecule has 4 aromatic rings. The minimum absolute atomic E-state index is 0.888. The molecule has 0 saturated carbocycles. The van der Waals surface area contributed by atoms with Crippen molar-refractivity contribution in [2.45, 2.75) is 32.6 Å². The van der Waals surface area contributed by atoms with Gasteiger partial charge in [-0.2, -0.15) is 0 Å². The maximum atomic E-state index is 5.67. The standard InChI is InChI=1S/C22H21NOS.C2H6/c1-14-5-8-19-17(11-14)18-13-16(25-4)7-9-20(18)23(19)21-12-15(2)6-10-22(21)24-3;1-2/h5-13H,1-4H3;1-2H3. The highest BCUT2D eigenvalue weighted by molar-refractivity contribution is 7.98. The molecule has 0 saturated heterocycles. The molecule has 0 atom stereocenters.